The number of rotatable bonds is 2. The van der Waals surface area contributed by atoms with Crippen molar-refractivity contribution in [1.82, 2.24) is 0 Å². The maximum Gasteiger partial charge on any atom is 0.337 e. The Kier molecular flexibility index (Phi) is 3.59. The lowest BCUT2D eigenvalue weighted by atomic mass is 10.1. The number of aromatic carboxylic acids is 1. The third-order valence-electron chi connectivity index (χ3n) is 1.51. The number of carboxylic acid groups (broad SMARTS) is 1. The molecule has 0 heterocycles. The normalized spacial score (nSPS) is 10.1. The molecule has 0 aliphatic heterocycles. The Balaban J connectivity index is 3.30. The van der Waals surface area contributed by atoms with Gasteiger partial charge in [0.05, 0.1) is 10.6 Å². The van der Waals surface area contributed by atoms with E-state index >= 15 is 0 Å². The molecular formula is C8H5BrCl2O2. The summed E-state index contributed by atoms with van der Waals surface area (Å²) in [4.78, 5) is 10.7. The molecule has 0 aliphatic carbocycles. The highest BCUT2D eigenvalue weighted by atomic mass is 79.9. The number of halogens is 3. The molecule has 0 radical (unpaired) electrons. The van der Waals surface area contributed by atoms with Crippen LogP contribution in [0.15, 0.2) is 12.1 Å². The second-order valence-electron chi connectivity index (χ2n) is 2.36. The van der Waals surface area contributed by atoms with Crippen molar-refractivity contribution in [2.75, 3.05) is 0 Å². The van der Waals surface area contributed by atoms with E-state index in [1.165, 1.54) is 12.1 Å². The zero-order valence-corrected chi connectivity index (χ0v) is 9.45. The quantitative estimate of drug-likeness (QED) is 0.843. The Labute approximate surface area is 93.6 Å². The van der Waals surface area contributed by atoms with Crippen LogP contribution in [0, 0.1) is 0 Å². The fourth-order valence-corrected chi connectivity index (χ4v) is 2.02. The Morgan fingerprint density at radius 3 is 2.46 bits per heavy atom. The van der Waals surface area contributed by atoms with Gasteiger partial charge in [-0.15, -0.1) is 0 Å². The van der Waals surface area contributed by atoms with Gasteiger partial charge >= 0.3 is 5.97 Å². The van der Waals surface area contributed by atoms with Gasteiger partial charge in [-0.1, -0.05) is 39.1 Å². The van der Waals surface area contributed by atoms with Gasteiger partial charge in [-0.3, -0.25) is 0 Å². The summed E-state index contributed by atoms with van der Waals surface area (Å²) in [5, 5.41) is 9.86. The first-order chi connectivity index (χ1) is 6.06. The van der Waals surface area contributed by atoms with E-state index in [1.54, 1.807) is 0 Å². The molecule has 0 fully saturated rings. The molecule has 0 saturated carbocycles. The summed E-state index contributed by atoms with van der Waals surface area (Å²) >= 11 is 14.7. The molecule has 13 heavy (non-hydrogen) atoms. The maximum atomic E-state index is 10.7. The van der Waals surface area contributed by atoms with Gasteiger partial charge in [-0.2, -0.15) is 0 Å². The smallest absolute Gasteiger partial charge is 0.337 e. The lowest BCUT2D eigenvalue weighted by molar-refractivity contribution is 0.0697. The van der Waals surface area contributed by atoms with Gasteiger partial charge in [0.25, 0.3) is 0 Å². The van der Waals surface area contributed by atoms with Crippen molar-refractivity contribution in [3.05, 3.63) is 33.3 Å². The van der Waals surface area contributed by atoms with E-state index in [1.807, 2.05) is 0 Å². The molecule has 0 spiro atoms. The monoisotopic (exact) mass is 282 g/mol. The van der Waals surface area contributed by atoms with E-state index in [0.29, 0.717) is 15.9 Å². The number of carbonyl (C=O) groups is 1. The van der Waals surface area contributed by atoms with Crippen LogP contribution < -0.4 is 0 Å². The summed E-state index contributed by atoms with van der Waals surface area (Å²) in [6.07, 6.45) is 0. The van der Waals surface area contributed by atoms with Crippen LogP contribution in [0.1, 0.15) is 15.9 Å². The van der Waals surface area contributed by atoms with Crippen molar-refractivity contribution in [2.45, 2.75) is 5.33 Å². The van der Waals surface area contributed by atoms with Crippen LogP contribution in [-0.4, -0.2) is 11.1 Å². The van der Waals surface area contributed by atoms with Crippen molar-refractivity contribution in [2.24, 2.45) is 0 Å². The van der Waals surface area contributed by atoms with Crippen LogP contribution in [0.3, 0.4) is 0 Å². The summed E-state index contributed by atoms with van der Waals surface area (Å²) in [6, 6.07) is 2.89. The standard InChI is InChI=1S/C8H5BrCl2O2/c9-3-4-1-5(8(12)13)7(11)2-6(4)10/h1-2H,3H2,(H,12,13). The van der Waals surface area contributed by atoms with Crippen LogP contribution in [0.5, 0.6) is 0 Å². The second-order valence-corrected chi connectivity index (χ2v) is 3.74. The largest absolute Gasteiger partial charge is 0.478 e. The van der Waals surface area contributed by atoms with Crippen LogP contribution in [0.2, 0.25) is 10.0 Å². The molecular weight excluding hydrogens is 279 g/mol. The van der Waals surface area contributed by atoms with Crippen molar-refractivity contribution in [1.29, 1.82) is 0 Å². The Bertz CT molecular complexity index is 352. The highest BCUT2D eigenvalue weighted by Gasteiger charge is 2.11. The fraction of sp³-hybridized carbons (Fsp3) is 0.125. The van der Waals surface area contributed by atoms with Crippen LogP contribution in [0.25, 0.3) is 0 Å². The zero-order chi connectivity index (χ0) is 10.0. The minimum absolute atomic E-state index is 0.0699. The third kappa shape index (κ3) is 2.36. The summed E-state index contributed by atoms with van der Waals surface area (Å²) < 4.78 is 0. The summed E-state index contributed by atoms with van der Waals surface area (Å²) in [7, 11) is 0. The van der Waals surface area contributed by atoms with Gasteiger partial charge in [0.1, 0.15) is 0 Å². The van der Waals surface area contributed by atoms with Crippen molar-refractivity contribution < 1.29 is 9.90 Å². The molecule has 0 aliphatic rings. The summed E-state index contributed by atoms with van der Waals surface area (Å²) in [5.74, 6) is -1.05. The van der Waals surface area contributed by atoms with Crippen molar-refractivity contribution >= 4 is 45.1 Å². The predicted molar refractivity (Wildman–Crippen MR) is 56.1 cm³/mol. The Morgan fingerprint density at radius 1 is 1.38 bits per heavy atom. The van der Waals surface area contributed by atoms with E-state index in [4.69, 9.17) is 28.3 Å². The first kappa shape index (κ1) is 10.8. The lowest BCUT2D eigenvalue weighted by Gasteiger charge is -2.03. The SMILES string of the molecule is O=C(O)c1cc(CBr)c(Cl)cc1Cl. The molecule has 1 rings (SSSR count). The van der Waals surface area contributed by atoms with Gasteiger partial charge in [0.2, 0.25) is 0 Å². The fourth-order valence-electron chi connectivity index (χ4n) is 0.860. The highest BCUT2D eigenvalue weighted by Crippen LogP contribution is 2.26. The lowest BCUT2D eigenvalue weighted by Crippen LogP contribution is -1.98. The molecule has 2 nitrogen and oxygen atoms in total. The van der Waals surface area contributed by atoms with Gasteiger partial charge in [0.15, 0.2) is 0 Å². The molecule has 1 aromatic carbocycles. The number of hydrogen-bond acceptors (Lipinski definition) is 1. The average molecular weight is 284 g/mol. The number of benzene rings is 1. The van der Waals surface area contributed by atoms with E-state index < -0.39 is 5.97 Å². The van der Waals surface area contributed by atoms with Gasteiger partial charge in [-0.05, 0) is 17.7 Å². The van der Waals surface area contributed by atoms with E-state index in [-0.39, 0.29) is 10.6 Å². The van der Waals surface area contributed by atoms with E-state index in [2.05, 4.69) is 15.9 Å². The first-order valence-electron chi connectivity index (χ1n) is 3.33. The van der Waals surface area contributed by atoms with E-state index in [9.17, 15) is 4.79 Å². The van der Waals surface area contributed by atoms with E-state index in [0.717, 1.165) is 0 Å². The molecule has 0 unspecified atom stereocenters. The molecule has 70 valence electrons. The molecule has 0 amide bonds. The first-order valence-corrected chi connectivity index (χ1v) is 5.21. The molecule has 1 N–H and O–H groups in total. The van der Waals surface area contributed by atoms with Gasteiger partial charge in [0, 0.05) is 10.4 Å². The van der Waals surface area contributed by atoms with Crippen LogP contribution in [-0.2, 0) is 5.33 Å². The molecule has 5 heteroatoms. The Morgan fingerprint density at radius 2 is 2.00 bits per heavy atom. The molecule has 1 aromatic rings. The molecule has 0 saturated heterocycles. The summed E-state index contributed by atoms with van der Waals surface area (Å²) in [6.45, 7) is 0. The van der Waals surface area contributed by atoms with Crippen LogP contribution >= 0.6 is 39.1 Å². The molecule has 0 aromatic heterocycles. The third-order valence-corrected chi connectivity index (χ3v) is 2.78. The number of hydrogen-bond donors (Lipinski definition) is 1. The minimum atomic E-state index is -1.05. The molecule has 0 bridgehead atoms. The average Bonchev–Trinajstić information content (AvgIpc) is 2.03. The minimum Gasteiger partial charge on any atom is -0.478 e. The van der Waals surface area contributed by atoms with Crippen LogP contribution in [0.4, 0.5) is 0 Å². The van der Waals surface area contributed by atoms with Gasteiger partial charge < -0.3 is 5.11 Å². The predicted octanol–water partition coefficient (Wildman–Crippen LogP) is 3.59. The van der Waals surface area contributed by atoms with Crippen molar-refractivity contribution in [3.63, 3.8) is 0 Å². The number of carboxylic acids is 1. The maximum absolute atomic E-state index is 10.7. The number of alkyl halides is 1. The highest BCUT2D eigenvalue weighted by molar-refractivity contribution is 9.08. The topological polar surface area (TPSA) is 37.3 Å². The Hall–Kier alpha value is -0.250. The summed E-state index contributed by atoms with van der Waals surface area (Å²) in [5.41, 5.74) is 0.781. The second kappa shape index (κ2) is 4.31. The van der Waals surface area contributed by atoms with Gasteiger partial charge in [-0.25, -0.2) is 4.79 Å². The van der Waals surface area contributed by atoms with Crippen molar-refractivity contribution in [3.8, 4) is 0 Å². The molecule has 0 atom stereocenters. The zero-order valence-electron chi connectivity index (χ0n) is 6.35.